The average Bonchev–Trinajstić information content (AvgIpc) is 2.55. The van der Waals surface area contributed by atoms with Gasteiger partial charge in [-0.25, -0.2) is 14.8 Å². The number of para-hydroxylation sites is 1. The maximum absolute atomic E-state index is 11.6. The number of aromatic nitrogens is 2. The fourth-order valence-electron chi connectivity index (χ4n) is 2.04. The number of aliphatic carboxylic acids is 1. The number of fused-ring (bicyclic) bond motifs is 1. The molecule has 0 aliphatic heterocycles. The Bertz CT molecular complexity index is 888. The molecule has 0 amide bonds. The lowest BCUT2D eigenvalue weighted by Crippen LogP contribution is -2.47. The van der Waals surface area contributed by atoms with E-state index < -0.39 is 11.8 Å². The monoisotopic (exact) mass is 344 g/mol. The lowest BCUT2D eigenvalue weighted by atomic mass is 10.3. The zero-order chi connectivity index (χ0) is 17.2. The summed E-state index contributed by atoms with van der Waals surface area (Å²) < 4.78 is 11.0. The Labute approximate surface area is 142 Å². The van der Waals surface area contributed by atoms with Crippen molar-refractivity contribution in [1.29, 1.82) is 0 Å². The van der Waals surface area contributed by atoms with E-state index in [4.69, 9.17) is 21.1 Å². The molecule has 1 unspecified atom stereocenters. The van der Waals surface area contributed by atoms with Crippen LogP contribution in [0.25, 0.3) is 11.0 Å². The fourth-order valence-corrected chi connectivity index (χ4v) is 2.20. The van der Waals surface area contributed by atoms with E-state index in [2.05, 4.69) is 9.97 Å². The van der Waals surface area contributed by atoms with Crippen LogP contribution in [-0.4, -0.2) is 26.8 Å². The molecule has 6 nitrogen and oxygen atoms in total. The zero-order valence-corrected chi connectivity index (χ0v) is 13.4. The first-order valence-corrected chi connectivity index (χ1v) is 7.43. The van der Waals surface area contributed by atoms with Gasteiger partial charge in [-0.3, -0.25) is 0 Å². The molecule has 0 aliphatic rings. The van der Waals surface area contributed by atoms with Crippen molar-refractivity contribution in [2.24, 2.45) is 0 Å². The minimum atomic E-state index is -1.96. The van der Waals surface area contributed by atoms with E-state index in [-0.39, 0.29) is 5.88 Å². The van der Waals surface area contributed by atoms with Crippen LogP contribution in [0.1, 0.15) is 6.92 Å². The standard InChI is InChI=1S/C17H13ClN2O4/c1-17(16(21)22,23-12-5-3-2-4-6-12)24-15-10-19-13-8-7-11(18)9-14(13)20-15/h2-10H,1H3,(H,21,22). The summed E-state index contributed by atoms with van der Waals surface area (Å²) in [5.41, 5.74) is 1.11. The minimum Gasteiger partial charge on any atom is -0.475 e. The van der Waals surface area contributed by atoms with Crippen molar-refractivity contribution in [3.05, 3.63) is 59.8 Å². The largest absolute Gasteiger partial charge is 0.475 e. The number of hydrogen-bond donors (Lipinski definition) is 1. The van der Waals surface area contributed by atoms with Crippen LogP contribution in [0.4, 0.5) is 0 Å². The summed E-state index contributed by atoms with van der Waals surface area (Å²) in [5.74, 6) is -2.87. The van der Waals surface area contributed by atoms with Crippen molar-refractivity contribution in [3.8, 4) is 11.6 Å². The molecular formula is C17H13ClN2O4. The maximum atomic E-state index is 11.6. The average molecular weight is 345 g/mol. The van der Waals surface area contributed by atoms with E-state index in [0.717, 1.165) is 0 Å². The number of halogens is 1. The molecule has 3 rings (SSSR count). The van der Waals surface area contributed by atoms with Gasteiger partial charge in [0.25, 0.3) is 0 Å². The SMILES string of the molecule is CC(Oc1ccccc1)(Oc1cnc2ccc(Cl)cc2n1)C(=O)O. The Morgan fingerprint density at radius 1 is 1.12 bits per heavy atom. The van der Waals surface area contributed by atoms with Crippen LogP contribution in [0.15, 0.2) is 54.7 Å². The molecule has 0 saturated carbocycles. The number of benzene rings is 2. The van der Waals surface area contributed by atoms with Crippen molar-refractivity contribution in [2.75, 3.05) is 0 Å². The van der Waals surface area contributed by atoms with Gasteiger partial charge in [-0.2, -0.15) is 0 Å². The Balaban J connectivity index is 1.91. The van der Waals surface area contributed by atoms with Gasteiger partial charge < -0.3 is 14.6 Å². The number of carbonyl (C=O) groups is 1. The third-order valence-corrected chi connectivity index (χ3v) is 3.46. The number of nitrogens with zero attached hydrogens (tertiary/aromatic N) is 2. The summed E-state index contributed by atoms with van der Waals surface area (Å²) in [6.45, 7) is 1.30. The minimum absolute atomic E-state index is 0.0191. The molecular weight excluding hydrogens is 332 g/mol. The first-order chi connectivity index (χ1) is 11.5. The van der Waals surface area contributed by atoms with Crippen LogP contribution < -0.4 is 9.47 Å². The molecule has 1 atom stereocenters. The van der Waals surface area contributed by atoms with Gasteiger partial charge in [-0.05, 0) is 30.3 Å². The van der Waals surface area contributed by atoms with E-state index in [1.807, 2.05) is 0 Å². The summed E-state index contributed by atoms with van der Waals surface area (Å²) in [6.07, 6.45) is 1.34. The third kappa shape index (κ3) is 3.38. The molecule has 0 spiro atoms. The summed E-state index contributed by atoms with van der Waals surface area (Å²) in [4.78, 5) is 20.0. The van der Waals surface area contributed by atoms with Crippen LogP contribution in [0, 0.1) is 0 Å². The van der Waals surface area contributed by atoms with E-state index in [1.165, 1.54) is 13.1 Å². The molecule has 2 aromatic carbocycles. The molecule has 24 heavy (non-hydrogen) atoms. The quantitative estimate of drug-likeness (QED) is 0.713. The van der Waals surface area contributed by atoms with E-state index >= 15 is 0 Å². The van der Waals surface area contributed by atoms with Crippen molar-refractivity contribution >= 4 is 28.6 Å². The summed E-state index contributed by atoms with van der Waals surface area (Å²) in [7, 11) is 0. The highest BCUT2D eigenvalue weighted by Crippen LogP contribution is 2.24. The first kappa shape index (κ1) is 16.0. The van der Waals surface area contributed by atoms with Gasteiger partial charge in [0.15, 0.2) is 0 Å². The summed E-state index contributed by atoms with van der Waals surface area (Å²) in [5, 5.41) is 9.99. The van der Waals surface area contributed by atoms with Crippen molar-refractivity contribution in [1.82, 2.24) is 9.97 Å². The van der Waals surface area contributed by atoms with Gasteiger partial charge in [-0.1, -0.05) is 29.8 Å². The Morgan fingerprint density at radius 2 is 1.88 bits per heavy atom. The lowest BCUT2D eigenvalue weighted by molar-refractivity contribution is -0.181. The van der Waals surface area contributed by atoms with Crippen molar-refractivity contribution in [2.45, 2.75) is 12.7 Å². The molecule has 3 aromatic rings. The van der Waals surface area contributed by atoms with Gasteiger partial charge in [0, 0.05) is 11.9 Å². The van der Waals surface area contributed by atoms with Crippen molar-refractivity contribution in [3.63, 3.8) is 0 Å². The molecule has 0 fully saturated rings. The fraction of sp³-hybridized carbons (Fsp3) is 0.118. The van der Waals surface area contributed by atoms with Crippen LogP contribution in [0.3, 0.4) is 0 Å². The molecule has 1 aromatic heterocycles. The summed E-state index contributed by atoms with van der Waals surface area (Å²) in [6, 6.07) is 13.6. The number of carboxylic acids is 1. The number of carboxylic acid groups (broad SMARTS) is 1. The maximum Gasteiger partial charge on any atom is 0.390 e. The highest BCUT2D eigenvalue weighted by atomic mass is 35.5. The predicted octanol–water partition coefficient (Wildman–Crippen LogP) is 3.54. The van der Waals surface area contributed by atoms with Gasteiger partial charge in [0.2, 0.25) is 5.88 Å². The predicted molar refractivity (Wildman–Crippen MR) is 88.3 cm³/mol. The molecule has 0 radical (unpaired) electrons. The van der Waals surface area contributed by atoms with Crippen LogP contribution in [0.5, 0.6) is 11.6 Å². The Hall–Kier alpha value is -2.86. The number of ether oxygens (including phenoxy) is 2. The third-order valence-electron chi connectivity index (χ3n) is 3.23. The lowest BCUT2D eigenvalue weighted by Gasteiger charge is -2.26. The second-order valence-electron chi connectivity index (χ2n) is 5.11. The van der Waals surface area contributed by atoms with Gasteiger partial charge in [0.05, 0.1) is 17.2 Å². The highest BCUT2D eigenvalue weighted by molar-refractivity contribution is 6.31. The second-order valence-corrected chi connectivity index (χ2v) is 5.55. The second kappa shape index (κ2) is 6.33. The molecule has 0 bridgehead atoms. The molecule has 1 N–H and O–H groups in total. The van der Waals surface area contributed by atoms with Crippen LogP contribution in [0.2, 0.25) is 5.02 Å². The normalized spacial score (nSPS) is 13.2. The van der Waals surface area contributed by atoms with E-state index in [1.54, 1.807) is 48.5 Å². The molecule has 0 aliphatic carbocycles. The van der Waals surface area contributed by atoms with Crippen molar-refractivity contribution < 1.29 is 19.4 Å². The topological polar surface area (TPSA) is 81.5 Å². The molecule has 7 heteroatoms. The van der Waals surface area contributed by atoms with Gasteiger partial charge in [-0.15, -0.1) is 0 Å². The van der Waals surface area contributed by atoms with Gasteiger partial charge >= 0.3 is 11.8 Å². The molecule has 1 heterocycles. The van der Waals surface area contributed by atoms with E-state index in [9.17, 15) is 9.90 Å². The smallest absolute Gasteiger partial charge is 0.390 e. The highest BCUT2D eigenvalue weighted by Gasteiger charge is 2.39. The van der Waals surface area contributed by atoms with E-state index in [0.29, 0.717) is 21.8 Å². The summed E-state index contributed by atoms with van der Waals surface area (Å²) >= 11 is 5.93. The van der Waals surface area contributed by atoms with Crippen LogP contribution in [-0.2, 0) is 4.79 Å². The molecule has 0 saturated heterocycles. The first-order valence-electron chi connectivity index (χ1n) is 7.05. The number of rotatable bonds is 5. The van der Waals surface area contributed by atoms with Gasteiger partial charge in [0.1, 0.15) is 5.75 Å². The number of hydrogen-bond acceptors (Lipinski definition) is 5. The van der Waals surface area contributed by atoms with Crippen LogP contribution >= 0.6 is 11.6 Å². The Kier molecular flexibility index (Phi) is 4.22. The zero-order valence-electron chi connectivity index (χ0n) is 12.6. The molecule has 122 valence electrons. The Morgan fingerprint density at radius 3 is 2.58 bits per heavy atom.